The van der Waals surface area contributed by atoms with Crippen LogP contribution in [-0.4, -0.2) is 59.1 Å². The number of rotatable bonds is 6. The van der Waals surface area contributed by atoms with E-state index in [0.717, 1.165) is 12.8 Å². The van der Waals surface area contributed by atoms with E-state index in [0.29, 0.717) is 13.1 Å². The van der Waals surface area contributed by atoms with Crippen molar-refractivity contribution in [1.82, 2.24) is 4.90 Å². The number of likely N-dealkylation sites (tertiary alicyclic amines) is 1. The zero-order valence-corrected chi connectivity index (χ0v) is 15.6. The summed E-state index contributed by atoms with van der Waals surface area (Å²) in [5.74, 6) is -5.36. The molecule has 3 atom stereocenters. The van der Waals surface area contributed by atoms with Gasteiger partial charge < -0.3 is 19.8 Å². The van der Waals surface area contributed by atoms with Gasteiger partial charge in [0.2, 0.25) is 0 Å². The SMILES string of the molecule is N=CN1CCC(COC(=O)C(O)(c2ccccc2)C2CC(O)C(F)(F)C2)CC1. The van der Waals surface area contributed by atoms with E-state index in [2.05, 4.69) is 0 Å². The fourth-order valence-electron chi connectivity index (χ4n) is 4.07. The predicted molar refractivity (Wildman–Crippen MR) is 98.1 cm³/mol. The third-order valence-corrected chi connectivity index (χ3v) is 5.91. The van der Waals surface area contributed by atoms with E-state index in [1.807, 2.05) is 4.90 Å². The number of piperidine rings is 1. The summed E-state index contributed by atoms with van der Waals surface area (Å²) in [5.41, 5.74) is -2.05. The van der Waals surface area contributed by atoms with Crippen molar-refractivity contribution in [2.24, 2.45) is 11.8 Å². The molecule has 1 saturated heterocycles. The summed E-state index contributed by atoms with van der Waals surface area (Å²) in [4.78, 5) is 14.7. The first kappa shape index (κ1) is 20.7. The maximum Gasteiger partial charge on any atom is 0.343 e. The molecule has 1 aromatic carbocycles. The predicted octanol–water partition coefficient (Wildman–Crippen LogP) is 2.14. The van der Waals surface area contributed by atoms with Gasteiger partial charge in [-0.25, -0.2) is 13.6 Å². The third kappa shape index (κ3) is 4.03. The Kier molecular flexibility index (Phi) is 6.00. The molecule has 1 saturated carbocycles. The van der Waals surface area contributed by atoms with Crippen molar-refractivity contribution in [3.63, 3.8) is 0 Å². The number of ether oxygens (including phenoxy) is 1. The molecule has 2 aliphatic rings. The Balaban J connectivity index is 1.74. The van der Waals surface area contributed by atoms with Crippen LogP contribution in [0, 0.1) is 17.2 Å². The Bertz CT molecular complexity index is 695. The summed E-state index contributed by atoms with van der Waals surface area (Å²) in [6.45, 7) is 1.47. The van der Waals surface area contributed by atoms with Gasteiger partial charge in [0.25, 0.3) is 5.92 Å². The van der Waals surface area contributed by atoms with E-state index in [-0.39, 0.29) is 24.5 Å². The van der Waals surface area contributed by atoms with Gasteiger partial charge >= 0.3 is 5.97 Å². The Labute approximate surface area is 162 Å². The highest BCUT2D eigenvalue weighted by atomic mass is 19.3. The summed E-state index contributed by atoms with van der Waals surface area (Å²) >= 11 is 0. The number of aliphatic hydroxyl groups excluding tert-OH is 1. The fourth-order valence-corrected chi connectivity index (χ4v) is 4.07. The first-order valence-corrected chi connectivity index (χ1v) is 9.53. The first-order valence-electron chi connectivity index (χ1n) is 9.53. The molecule has 0 amide bonds. The number of benzene rings is 1. The molecular formula is C20H26F2N2O4. The quantitative estimate of drug-likeness (QED) is 0.389. The summed E-state index contributed by atoms with van der Waals surface area (Å²) in [6.07, 6.45) is -0.301. The van der Waals surface area contributed by atoms with Gasteiger partial charge in [-0.3, -0.25) is 5.41 Å². The second-order valence-electron chi connectivity index (χ2n) is 7.75. The van der Waals surface area contributed by atoms with Gasteiger partial charge in [-0.15, -0.1) is 0 Å². The summed E-state index contributed by atoms with van der Waals surface area (Å²) in [6, 6.07) is 7.94. The van der Waals surface area contributed by atoms with Crippen molar-refractivity contribution in [3.05, 3.63) is 35.9 Å². The normalized spacial score (nSPS) is 27.2. The van der Waals surface area contributed by atoms with Crippen molar-refractivity contribution in [2.45, 2.75) is 43.3 Å². The number of nitrogens with zero attached hydrogens (tertiary/aromatic N) is 1. The standard InChI is InChI=1S/C20H26F2N2O4/c21-19(22)11-16(10-17(19)25)20(27,15-4-2-1-3-5-15)18(26)28-12-14-6-8-24(13-23)9-7-14/h1-5,13-14,16-17,23,25,27H,6-12H2. The molecule has 3 rings (SSSR count). The maximum atomic E-state index is 13.9. The highest BCUT2D eigenvalue weighted by Gasteiger charge is 2.58. The molecule has 3 N–H and O–H groups in total. The van der Waals surface area contributed by atoms with Crippen LogP contribution >= 0.6 is 0 Å². The maximum absolute atomic E-state index is 13.9. The van der Waals surface area contributed by atoms with Crippen LogP contribution in [0.5, 0.6) is 0 Å². The Morgan fingerprint density at radius 1 is 1.32 bits per heavy atom. The van der Waals surface area contributed by atoms with Crippen LogP contribution < -0.4 is 0 Å². The van der Waals surface area contributed by atoms with E-state index < -0.39 is 35.9 Å². The molecule has 0 bridgehead atoms. The number of carbonyl (C=O) groups is 1. The minimum Gasteiger partial charge on any atom is -0.463 e. The monoisotopic (exact) mass is 396 g/mol. The van der Waals surface area contributed by atoms with Gasteiger partial charge in [-0.1, -0.05) is 30.3 Å². The number of hydrogen-bond donors (Lipinski definition) is 3. The number of alkyl halides is 2. The van der Waals surface area contributed by atoms with Crippen LogP contribution in [0.25, 0.3) is 0 Å². The lowest BCUT2D eigenvalue weighted by molar-refractivity contribution is -0.176. The Hall–Kier alpha value is -2.06. The van der Waals surface area contributed by atoms with E-state index in [1.54, 1.807) is 18.2 Å². The van der Waals surface area contributed by atoms with Crippen molar-refractivity contribution in [1.29, 1.82) is 5.41 Å². The minimum absolute atomic E-state index is 0.0888. The molecule has 1 heterocycles. The zero-order chi connectivity index (χ0) is 20.4. The van der Waals surface area contributed by atoms with Gasteiger partial charge in [0.05, 0.1) is 12.9 Å². The molecule has 8 heteroatoms. The van der Waals surface area contributed by atoms with Crippen LogP contribution in [0.4, 0.5) is 8.78 Å². The van der Waals surface area contributed by atoms with E-state index in [9.17, 15) is 23.8 Å². The molecule has 0 aromatic heterocycles. The van der Waals surface area contributed by atoms with Crippen molar-refractivity contribution >= 4 is 12.3 Å². The highest BCUT2D eigenvalue weighted by molar-refractivity contribution is 5.81. The van der Waals surface area contributed by atoms with E-state index >= 15 is 0 Å². The Morgan fingerprint density at radius 3 is 2.50 bits per heavy atom. The smallest absolute Gasteiger partial charge is 0.343 e. The van der Waals surface area contributed by atoms with Crippen molar-refractivity contribution in [3.8, 4) is 0 Å². The van der Waals surface area contributed by atoms with Gasteiger partial charge in [0, 0.05) is 25.4 Å². The molecule has 1 aliphatic carbocycles. The molecule has 1 aromatic rings. The molecular weight excluding hydrogens is 370 g/mol. The average Bonchev–Trinajstić information content (AvgIpc) is 2.99. The van der Waals surface area contributed by atoms with Crippen molar-refractivity contribution in [2.75, 3.05) is 19.7 Å². The molecule has 3 unspecified atom stereocenters. The first-order chi connectivity index (χ1) is 13.3. The summed E-state index contributed by atoms with van der Waals surface area (Å²) in [7, 11) is 0. The van der Waals surface area contributed by atoms with Crippen molar-refractivity contribution < 1.29 is 28.5 Å². The largest absolute Gasteiger partial charge is 0.463 e. The van der Waals surface area contributed by atoms with Crippen LogP contribution in [0.2, 0.25) is 0 Å². The highest BCUT2D eigenvalue weighted by Crippen LogP contribution is 2.48. The minimum atomic E-state index is -3.35. The second kappa shape index (κ2) is 8.13. The molecule has 28 heavy (non-hydrogen) atoms. The number of nitrogens with one attached hydrogen (secondary N) is 1. The molecule has 1 aliphatic heterocycles. The number of halogens is 2. The Morgan fingerprint density at radius 2 is 1.96 bits per heavy atom. The summed E-state index contributed by atoms with van der Waals surface area (Å²) in [5, 5.41) is 28.2. The molecule has 0 spiro atoms. The zero-order valence-electron chi connectivity index (χ0n) is 15.6. The summed E-state index contributed by atoms with van der Waals surface area (Å²) < 4.78 is 33.2. The van der Waals surface area contributed by atoms with Crippen LogP contribution in [-0.2, 0) is 15.1 Å². The number of hydrogen-bond acceptors (Lipinski definition) is 5. The number of aliphatic hydroxyl groups is 2. The van der Waals surface area contributed by atoms with E-state index in [1.165, 1.54) is 18.5 Å². The lowest BCUT2D eigenvalue weighted by Gasteiger charge is -2.34. The van der Waals surface area contributed by atoms with Crippen LogP contribution in [0.15, 0.2) is 30.3 Å². The molecule has 0 radical (unpaired) electrons. The van der Waals surface area contributed by atoms with Gasteiger partial charge in [0.15, 0.2) is 5.60 Å². The second-order valence-corrected chi connectivity index (χ2v) is 7.75. The van der Waals surface area contributed by atoms with Crippen LogP contribution in [0.3, 0.4) is 0 Å². The van der Waals surface area contributed by atoms with E-state index in [4.69, 9.17) is 10.1 Å². The molecule has 154 valence electrons. The molecule has 2 fully saturated rings. The number of esters is 1. The molecule has 6 nitrogen and oxygen atoms in total. The average molecular weight is 396 g/mol. The lowest BCUT2D eigenvalue weighted by Crippen LogP contribution is -2.45. The van der Waals surface area contributed by atoms with Gasteiger partial charge in [-0.2, -0.15) is 0 Å². The number of carbonyl (C=O) groups excluding carboxylic acids is 1. The lowest BCUT2D eigenvalue weighted by atomic mass is 9.80. The topological polar surface area (TPSA) is 93.9 Å². The third-order valence-electron chi connectivity index (χ3n) is 5.91. The fraction of sp³-hybridized carbons (Fsp3) is 0.600. The van der Waals surface area contributed by atoms with Crippen LogP contribution in [0.1, 0.15) is 31.2 Å². The van der Waals surface area contributed by atoms with Gasteiger partial charge in [0.1, 0.15) is 6.10 Å². The van der Waals surface area contributed by atoms with Gasteiger partial charge in [-0.05, 0) is 30.7 Å².